The lowest BCUT2D eigenvalue weighted by atomic mass is 10.1. The molecule has 2 N–H and O–H groups in total. The molecule has 0 bridgehead atoms. The maximum absolute atomic E-state index is 12.6. The molecule has 0 aliphatic rings. The van der Waals surface area contributed by atoms with Gasteiger partial charge in [-0.15, -0.1) is 0 Å². The van der Waals surface area contributed by atoms with Gasteiger partial charge >= 0.3 is 0 Å². The van der Waals surface area contributed by atoms with Crippen molar-refractivity contribution in [2.24, 2.45) is 0 Å². The second-order valence-electron chi connectivity index (χ2n) is 6.43. The maximum atomic E-state index is 12.6. The zero-order chi connectivity index (χ0) is 21.6. The van der Waals surface area contributed by atoms with Gasteiger partial charge in [-0.05, 0) is 48.4 Å². The molecular weight excluding hydrogens is 406 g/mol. The Morgan fingerprint density at radius 3 is 2.33 bits per heavy atom. The SMILES string of the molecule is COc1ccc(CCNc2ccc(S(=O)(=O)Nc3ccccc3)cc2[N+](=O)[O-])cc1. The summed E-state index contributed by atoms with van der Waals surface area (Å²) in [5, 5.41) is 14.5. The van der Waals surface area contributed by atoms with Crippen LogP contribution in [0.25, 0.3) is 0 Å². The molecule has 8 nitrogen and oxygen atoms in total. The number of nitrogens with zero attached hydrogens (tertiary/aromatic N) is 1. The van der Waals surface area contributed by atoms with E-state index in [1.807, 2.05) is 24.3 Å². The van der Waals surface area contributed by atoms with Gasteiger partial charge in [0.1, 0.15) is 11.4 Å². The first kappa shape index (κ1) is 21.1. The molecule has 156 valence electrons. The Hall–Kier alpha value is -3.59. The van der Waals surface area contributed by atoms with Gasteiger partial charge < -0.3 is 10.1 Å². The molecule has 0 atom stereocenters. The largest absolute Gasteiger partial charge is 0.497 e. The highest BCUT2D eigenvalue weighted by Gasteiger charge is 2.21. The number of hydrogen-bond donors (Lipinski definition) is 2. The second kappa shape index (κ2) is 9.27. The van der Waals surface area contributed by atoms with Crippen molar-refractivity contribution < 1.29 is 18.1 Å². The minimum absolute atomic E-state index is 0.182. The molecule has 9 heteroatoms. The van der Waals surface area contributed by atoms with E-state index in [-0.39, 0.29) is 16.3 Å². The summed E-state index contributed by atoms with van der Waals surface area (Å²) in [7, 11) is -2.36. The van der Waals surface area contributed by atoms with Crippen molar-refractivity contribution in [3.8, 4) is 5.75 Å². The predicted octanol–water partition coefficient (Wildman–Crippen LogP) is 4.06. The summed E-state index contributed by atoms with van der Waals surface area (Å²) in [4.78, 5) is 10.7. The third kappa shape index (κ3) is 5.26. The van der Waals surface area contributed by atoms with Gasteiger partial charge in [-0.1, -0.05) is 30.3 Å². The second-order valence-corrected chi connectivity index (χ2v) is 8.11. The molecule has 0 saturated heterocycles. The average molecular weight is 427 g/mol. The van der Waals surface area contributed by atoms with Crippen molar-refractivity contribution in [2.45, 2.75) is 11.3 Å². The summed E-state index contributed by atoms with van der Waals surface area (Å²) < 4.78 is 32.7. The molecule has 0 heterocycles. The Morgan fingerprint density at radius 2 is 1.70 bits per heavy atom. The highest BCUT2D eigenvalue weighted by atomic mass is 32.2. The standard InChI is InChI=1S/C21H21N3O5S/c1-29-18-9-7-16(8-10-18)13-14-22-20-12-11-19(15-21(20)24(25)26)30(27,28)23-17-5-3-2-4-6-17/h2-12,15,22-23H,13-14H2,1H3. The Labute approximate surface area is 174 Å². The molecule has 0 fully saturated rings. The van der Waals surface area contributed by atoms with E-state index in [0.29, 0.717) is 18.7 Å². The minimum Gasteiger partial charge on any atom is -0.497 e. The smallest absolute Gasteiger partial charge is 0.293 e. The predicted molar refractivity (Wildman–Crippen MR) is 116 cm³/mol. The highest BCUT2D eigenvalue weighted by Crippen LogP contribution is 2.28. The number of ether oxygens (including phenoxy) is 1. The van der Waals surface area contributed by atoms with Gasteiger partial charge in [0.15, 0.2) is 0 Å². The molecular formula is C21H21N3O5S. The first-order chi connectivity index (χ1) is 14.4. The molecule has 3 aromatic carbocycles. The van der Waals surface area contributed by atoms with Gasteiger partial charge in [0.05, 0.1) is 16.9 Å². The van der Waals surface area contributed by atoms with Crippen molar-refractivity contribution in [3.05, 3.63) is 88.5 Å². The van der Waals surface area contributed by atoms with E-state index >= 15 is 0 Å². The number of nitro groups is 1. The summed E-state index contributed by atoms with van der Waals surface area (Å²) in [5.74, 6) is 0.753. The van der Waals surface area contributed by atoms with Gasteiger partial charge in [-0.3, -0.25) is 14.8 Å². The van der Waals surface area contributed by atoms with Crippen LogP contribution in [0.1, 0.15) is 5.56 Å². The third-order valence-corrected chi connectivity index (χ3v) is 5.77. The Bertz CT molecular complexity index is 1120. The zero-order valence-corrected chi connectivity index (χ0v) is 17.1. The Morgan fingerprint density at radius 1 is 1.00 bits per heavy atom. The van der Waals surface area contributed by atoms with Crippen LogP contribution in [0, 0.1) is 10.1 Å². The molecule has 0 unspecified atom stereocenters. The topological polar surface area (TPSA) is 111 Å². The number of methoxy groups -OCH3 is 1. The van der Waals surface area contributed by atoms with Crippen molar-refractivity contribution >= 4 is 27.1 Å². The monoisotopic (exact) mass is 427 g/mol. The molecule has 0 aliphatic heterocycles. The number of rotatable bonds is 9. The number of sulfonamides is 1. The van der Waals surface area contributed by atoms with Crippen LogP contribution >= 0.6 is 0 Å². The lowest BCUT2D eigenvalue weighted by molar-refractivity contribution is -0.384. The normalized spacial score (nSPS) is 11.0. The maximum Gasteiger partial charge on any atom is 0.293 e. The van der Waals surface area contributed by atoms with E-state index in [4.69, 9.17) is 4.74 Å². The molecule has 0 saturated carbocycles. The lowest BCUT2D eigenvalue weighted by Gasteiger charge is -2.11. The van der Waals surface area contributed by atoms with E-state index in [9.17, 15) is 18.5 Å². The number of anilines is 2. The van der Waals surface area contributed by atoms with Crippen LogP contribution in [0.3, 0.4) is 0 Å². The van der Waals surface area contributed by atoms with E-state index < -0.39 is 14.9 Å². The Kier molecular flexibility index (Phi) is 6.53. The molecule has 0 spiro atoms. The molecule has 30 heavy (non-hydrogen) atoms. The van der Waals surface area contributed by atoms with Crippen molar-refractivity contribution in [3.63, 3.8) is 0 Å². The number of nitro benzene ring substituents is 1. The van der Waals surface area contributed by atoms with E-state index in [1.54, 1.807) is 37.4 Å². The quantitative estimate of drug-likeness (QED) is 0.394. The molecule has 0 amide bonds. The fourth-order valence-corrected chi connectivity index (χ4v) is 3.91. The molecule has 3 rings (SSSR count). The summed E-state index contributed by atoms with van der Waals surface area (Å²) in [5.41, 5.74) is 1.37. The van der Waals surface area contributed by atoms with Gasteiger partial charge in [-0.2, -0.15) is 0 Å². The number of nitrogens with one attached hydrogen (secondary N) is 2. The number of para-hydroxylation sites is 1. The number of benzene rings is 3. The van der Waals surface area contributed by atoms with Gasteiger partial charge in [-0.25, -0.2) is 8.42 Å². The highest BCUT2D eigenvalue weighted by molar-refractivity contribution is 7.92. The van der Waals surface area contributed by atoms with Crippen LogP contribution in [-0.2, 0) is 16.4 Å². The van der Waals surface area contributed by atoms with Crippen molar-refractivity contribution in [1.82, 2.24) is 0 Å². The van der Waals surface area contributed by atoms with Crippen LogP contribution in [0.4, 0.5) is 17.1 Å². The first-order valence-electron chi connectivity index (χ1n) is 9.12. The molecule has 0 radical (unpaired) electrons. The Balaban J connectivity index is 1.73. The fourth-order valence-electron chi connectivity index (χ4n) is 2.83. The van der Waals surface area contributed by atoms with Gasteiger partial charge in [0, 0.05) is 18.3 Å². The minimum atomic E-state index is -3.95. The van der Waals surface area contributed by atoms with Gasteiger partial charge in [0.2, 0.25) is 0 Å². The first-order valence-corrected chi connectivity index (χ1v) is 10.6. The summed E-state index contributed by atoms with van der Waals surface area (Å²) >= 11 is 0. The molecule has 0 aliphatic carbocycles. The van der Waals surface area contributed by atoms with Crippen LogP contribution < -0.4 is 14.8 Å². The van der Waals surface area contributed by atoms with Crippen molar-refractivity contribution in [1.29, 1.82) is 0 Å². The van der Waals surface area contributed by atoms with E-state index in [1.165, 1.54) is 12.1 Å². The average Bonchev–Trinajstić information content (AvgIpc) is 2.74. The van der Waals surface area contributed by atoms with Crippen LogP contribution in [0.5, 0.6) is 5.75 Å². The summed E-state index contributed by atoms with van der Waals surface area (Å²) in [6, 6.07) is 19.7. The van der Waals surface area contributed by atoms with Crippen LogP contribution in [-0.4, -0.2) is 27.0 Å². The van der Waals surface area contributed by atoms with Crippen LogP contribution in [0.15, 0.2) is 77.7 Å². The lowest BCUT2D eigenvalue weighted by Crippen LogP contribution is -2.14. The number of hydrogen-bond acceptors (Lipinski definition) is 6. The summed E-state index contributed by atoms with van der Waals surface area (Å²) in [6.45, 7) is 0.446. The van der Waals surface area contributed by atoms with Crippen molar-refractivity contribution in [2.75, 3.05) is 23.7 Å². The molecule has 0 aromatic heterocycles. The van der Waals surface area contributed by atoms with Crippen LogP contribution in [0.2, 0.25) is 0 Å². The third-order valence-electron chi connectivity index (χ3n) is 4.39. The van der Waals surface area contributed by atoms with E-state index in [2.05, 4.69) is 10.0 Å². The van der Waals surface area contributed by atoms with Gasteiger partial charge in [0.25, 0.3) is 15.7 Å². The fraction of sp³-hybridized carbons (Fsp3) is 0.143. The summed E-state index contributed by atoms with van der Waals surface area (Å²) in [6.07, 6.45) is 0.636. The zero-order valence-electron chi connectivity index (χ0n) is 16.2. The van der Waals surface area contributed by atoms with E-state index in [0.717, 1.165) is 17.4 Å². The molecule has 3 aromatic rings.